The Hall–Kier alpha value is -1.54. The van der Waals surface area contributed by atoms with Crippen LogP contribution in [0.1, 0.15) is 24.8 Å². The molecule has 1 aliphatic rings. The molecule has 0 radical (unpaired) electrons. The highest BCUT2D eigenvalue weighted by Crippen LogP contribution is 2.59. The number of carboxylic acids is 1. The van der Waals surface area contributed by atoms with Gasteiger partial charge in [0.05, 0.1) is 0 Å². The summed E-state index contributed by atoms with van der Waals surface area (Å²) in [5.74, 6) is -4.66. The maximum absolute atomic E-state index is 13.5. The van der Waals surface area contributed by atoms with Gasteiger partial charge in [0.25, 0.3) is 0 Å². The molecule has 1 saturated heterocycles. The number of unbranched alkanes of at least 4 members (excludes halogenated alkanes) is 1. The summed E-state index contributed by atoms with van der Waals surface area (Å²) in [5.41, 5.74) is 5.62. The van der Waals surface area contributed by atoms with Crippen molar-refractivity contribution in [2.75, 3.05) is 25.8 Å². The van der Waals surface area contributed by atoms with Crippen LogP contribution >= 0.6 is 7.37 Å². The predicted molar refractivity (Wildman–Crippen MR) is 91.3 cm³/mol. The van der Waals surface area contributed by atoms with Crippen LogP contribution in [0.5, 0.6) is 5.75 Å². The topological polar surface area (TPSA) is 124 Å². The summed E-state index contributed by atoms with van der Waals surface area (Å²) in [7, 11) is -3.96. The molecule has 10 heteroatoms. The maximum Gasteiger partial charge on any atom is 0.320 e. The Morgan fingerprint density at radius 2 is 1.92 bits per heavy atom. The van der Waals surface area contributed by atoms with Crippen molar-refractivity contribution in [3.05, 3.63) is 29.3 Å². The van der Waals surface area contributed by atoms with Gasteiger partial charge in [0, 0.05) is 25.8 Å². The number of carboxylic acid groups (broad SMARTS) is 1. The van der Waals surface area contributed by atoms with E-state index in [0.29, 0.717) is 19.4 Å². The summed E-state index contributed by atoms with van der Waals surface area (Å²) in [4.78, 5) is 23.8. The van der Waals surface area contributed by atoms with Gasteiger partial charge in [0.2, 0.25) is 7.37 Å². The molecule has 1 fully saturated rings. The third kappa shape index (κ3) is 4.06. The van der Waals surface area contributed by atoms with E-state index in [1.54, 1.807) is 4.90 Å². The summed E-state index contributed by atoms with van der Waals surface area (Å²) in [6.07, 6.45) is 0.708. The maximum atomic E-state index is 13.5. The smallest absolute Gasteiger partial charge is 0.320 e. The van der Waals surface area contributed by atoms with Crippen LogP contribution in [-0.4, -0.2) is 56.9 Å². The molecule has 1 aromatic carbocycles. The lowest BCUT2D eigenvalue weighted by Crippen LogP contribution is -2.53. The van der Waals surface area contributed by atoms with Crippen molar-refractivity contribution in [1.82, 2.24) is 4.90 Å². The number of nitrogens with zero attached hydrogens (tertiary/aromatic N) is 1. The molecule has 7 nitrogen and oxygen atoms in total. The number of nitrogens with two attached hydrogens (primary N) is 1. The quantitative estimate of drug-likeness (QED) is 0.411. The molecule has 0 aliphatic carbocycles. The molecule has 0 saturated carbocycles. The van der Waals surface area contributed by atoms with E-state index in [1.807, 2.05) is 0 Å². The predicted octanol–water partition coefficient (Wildman–Crippen LogP) is 1.71. The van der Waals surface area contributed by atoms with E-state index < -0.39 is 35.9 Å². The van der Waals surface area contributed by atoms with Gasteiger partial charge in [-0.3, -0.25) is 14.3 Å². The number of phenols is 1. The van der Waals surface area contributed by atoms with Crippen LogP contribution in [0.4, 0.5) is 8.78 Å². The molecule has 26 heavy (non-hydrogen) atoms. The van der Waals surface area contributed by atoms with E-state index in [-0.39, 0.29) is 37.8 Å². The number of aliphatic carboxylic acids is 1. The largest absolute Gasteiger partial charge is 0.503 e. The van der Waals surface area contributed by atoms with Gasteiger partial charge in [0.1, 0.15) is 0 Å². The fraction of sp³-hybridized carbons (Fsp3) is 0.562. The first-order valence-electron chi connectivity index (χ1n) is 8.27. The van der Waals surface area contributed by atoms with Crippen molar-refractivity contribution in [1.29, 1.82) is 0 Å². The minimum atomic E-state index is -3.96. The van der Waals surface area contributed by atoms with Crippen molar-refractivity contribution in [3.8, 4) is 5.75 Å². The third-order valence-electron chi connectivity index (χ3n) is 4.80. The Morgan fingerprint density at radius 3 is 2.46 bits per heavy atom. The Morgan fingerprint density at radius 1 is 1.31 bits per heavy atom. The minimum absolute atomic E-state index is 0.0000386. The average molecular weight is 392 g/mol. The van der Waals surface area contributed by atoms with Gasteiger partial charge in [-0.05, 0) is 37.1 Å². The highest BCUT2D eigenvalue weighted by atomic mass is 31.2. The fourth-order valence-electron chi connectivity index (χ4n) is 3.29. The van der Waals surface area contributed by atoms with Crippen LogP contribution in [0.2, 0.25) is 0 Å². The molecule has 146 valence electrons. The third-order valence-corrected chi connectivity index (χ3v) is 7.50. The van der Waals surface area contributed by atoms with Gasteiger partial charge in [-0.15, -0.1) is 0 Å². The number of carbonyl (C=O) groups is 1. The summed E-state index contributed by atoms with van der Waals surface area (Å²) >= 11 is 0. The normalized spacial score (nSPS) is 26.8. The Bertz CT molecular complexity index is 710. The molecule has 0 amide bonds. The lowest BCUT2D eigenvalue weighted by atomic mass is 9.99. The summed E-state index contributed by atoms with van der Waals surface area (Å²) in [5, 5.41) is 17.0. The first-order valence-corrected chi connectivity index (χ1v) is 10.1. The van der Waals surface area contributed by atoms with Crippen molar-refractivity contribution in [2.45, 2.75) is 31.0 Å². The summed E-state index contributed by atoms with van der Waals surface area (Å²) in [6, 6.07) is 1.92. The van der Waals surface area contributed by atoms with Crippen LogP contribution < -0.4 is 5.73 Å². The molecular formula is C16H23F2N2O5P. The van der Waals surface area contributed by atoms with Crippen molar-refractivity contribution < 1.29 is 33.2 Å². The molecular weight excluding hydrogens is 369 g/mol. The standard InChI is InChI=1S/C16H23F2N2O5P/c17-12-7-11(8-13(18)14(12)21)9-20-5-6-26(24,25)16(10-20,15(22)23)3-1-2-4-19/h7-8,21H,1-6,9-10,19H2,(H,22,23)(H,24,25). The Labute approximate surface area is 149 Å². The van der Waals surface area contributed by atoms with E-state index in [2.05, 4.69) is 0 Å². The molecule has 0 aromatic heterocycles. The second-order valence-corrected chi connectivity index (χ2v) is 9.33. The van der Waals surface area contributed by atoms with Gasteiger partial charge in [-0.2, -0.15) is 0 Å². The van der Waals surface area contributed by atoms with Crippen LogP contribution in [0.25, 0.3) is 0 Å². The van der Waals surface area contributed by atoms with Crippen molar-refractivity contribution in [3.63, 3.8) is 0 Å². The molecule has 1 aromatic rings. The zero-order valence-electron chi connectivity index (χ0n) is 14.2. The zero-order valence-corrected chi connectivity index (χ0v) is 15.1. The van der Waals surface area contributed by atoms with Gasteiger partial charge < -0.3 is 20.8 Å². The van der Waals surface area contributed by atoms with Crippen LogP contribution in [0.3, 0.4) is 0 Å². The molecule has 1 heterocycles. The number of benzene rings is 1. The Kier molecular flexibility index (Phi) is 6.39. The highest BCUT2D eigenvalue weighted by molar-refractivity contribution is 7.61. The van der Waals surface area contributed by atoms with Gasteiger partial charge in [-0.25, -0.2) is 8.78 Å². The number of hydrogen-bond donors (Lipinski definition) is 4. The Balaban J connectivity index is 2.25. The van der Waals surface area contributed by atoms with Gasteiger partial charge in [0.15, 0.2) is 22.5 Å². The van der Waals surface area contributed by atoms with Crippen LogP contribution in [0, 0.1) is 11.6 Å². The van der Waals surface area contributed by atoms with E-state index in [9.17, 15) is 28.1 Å². The molecule has 2 atom stereocenters. The SMILES string of the molecule is NCCCCC1(C(=O)O)CN(Cc2cc(F)c(O)c(F)c2)CCP1(=O)O. The molecule has 5 N–H and O–H groups in total. The monoisotopic (exact) mass is 392 g/mol. The lowest BCUT2D eigenvalue weighted by Gasteiger charge is -2.43. The minimum Gasteiger partial charge on any atom is -0.503 e. The molecule has 0 bridgehead atoms. The number of phenolic OH excluding ortho intramolecular Hbond substituents is 1. The zero-order chi connectivity index (χ0) is 19.5. The second-order valence-electron chi connectivity index (χ2n) is 6.63. The van der Waals surface area contributed by atoms with Gasteiger partial charge in [-0.1, -0.05) is 6.42 Å². The number of rotatable bonds is 7. The first-order chi connectivity index (χ1) is 12.1. The van der Waals surface area contributed by atoms with Crippen LogP contribution in [0.15, 0.2) is 12.1 Å². The molecule has 2 rings (SSSR count). The lowest BCUT2D eigenvalue weighted by molar-refractivity contribution is -0.141. The molecule has 2 unspecified atom stereocenters. The summed E-state index contributed by atoms with van der Waals surface area (Å²) in [6.45, 7) is 0.274. The van der Waals surface area contributed by atoms with Crippen LogP contribution in [-0.2, 0) is 15.9 Å². The van der Waals surface area contributed by atoms with Crippen molar-refractivity contribution >= 4 is 13.3 Å². The number of hydrogen-bond acceptors (Lipinski definition) is 5. The van der Waals surface area contributed by atoms with E-state index >= 15 is 0 Å². The van der Waals surface area contributed by atoms with Gasteiger partial charge >= 0.3 is 5.97 Å². The van der Waals surface area contributed by atoms with Crippen molar-refractivity contribution in [2.24, 2.45) is 5.73 Å². The number of halogens is 2. The first kappa shape index (κ1) is 20.8. The van der Waals surface area contributed by atoms with E-state index in [4.69, 9.17) is 10.8 Å². The molecule has 0 spiro atoms. The highest BCUT2D eigenvalue weighted by Gasteiger charge is 2.56. The molecule has 1 aliphatic heterocycles. The van der Waals surface area contributed by atoms with E-state index in [1.165, 1.54) is 0 Å². The average Bonchev–Trinajstić information content (AvgIpc) is 2.55. The summed E-state index contributed by atoms with van der Waals surface area (Å²) < 4.78 is 39.6. The fourth-order valence-corrected chi connectivity index (χ4v) is 5.50. The second kappa shape index (κ2) is 8.00. The van der Waals surface area contributed by atoms with E-state index in [0.717, 1.165) is 12.1 Å². The number of aromatic hydroxyl groups is 1.